The lowest BCUT2D eigenvalue weighted by molar-refractivity contribution is 0.0582. The van der Waals surface area contributed by atoms with Gasteiger partial charge < -0.3 is 19.5 Å². The van der Waals surface area contributed by atoms with E-state index in [1.807, 2.05) is 48.4 Å². The van der Waals surface area contributed by atoms with E-state index in [4.69, 9.17) is 9.72 Å². The first-order valence-corrected chi connectivity index (χ1v) is 12.2. The Hall–Kier alpha value is -3.30. The molecule has 0 unspecified atom stereocenters. The maximum Gasteiger partial charge on any atom is 0.254 e. The summed E-state index contributed by atoms with van der Waals surface area (Å²) in [5.41, 5.74) is 3.32. The van der Waals surface area contributed by atoms with Crippen molar-refractivity contribution in [2.45, 2.75) is 45.3 Å². The predicted octanol–water partition coefficient (Wildman–Crippen LogP) is 3.52. The number of carbonyl (C=O) groups is 1. The van der Waals surface area contributed by atoms with Crippen LogP contribution in [0.25, 0.3) is 11.4 Å². The summed E-state index contributed by atoms with van der Waals surface area (Å²) in [6.07, 6.45) is 4.65. The molecule has 0 radical (unpaired) electrons. The van der Waals surface area contributed by atoms with Crippen LogP contribution in [0.3, 0.4) is 0 Å². The third-order valence-electron chi connectivity index (χ3n) is 7.00. The zero-order valence-electron chi connectivity index (χ0n) is 20.8. The molecule has 3 aromatic rings. The zero-order valence-corrected chi connectivity index (χ0v) is 20.8. The smallest absolute Gasteiger partial charge is 0.254 e. The lowest BCUT2D eigenvalue weighted by Crippen LogP contribution is -2.49. The van der Waals surface area contributed by atoms with Crippen molar-refractivity contribution < 1.29 is 9.53 Å². The highest BCUT2D eigenvalue weighted by molar-refractivity contribution is 5.95. The number of carbonyl (C=O) groups excluding carboxylic acids is 1. The van der Waals surface area contributed by atoms with Crippen molar-refractivity contribution in [2.75, 3.05) is 38.7 Å². The summed E-state index contributed by atoms with van der Waals surface area (Å²) in [5.74, 6) is 1.56. The summed E-state index contributed by atoms with van der Waals surface area (Å²) in [6, 6.07) is 10.5. The number of aromatic nitrogens is 4. The van der Waals surface area contributed by atoms with Gasteiger partial charge in [0.2, 0.25) is 5.95 Å². The number of ether oxygens (including phenoxy) is 1. The number of rotatable bonds is 8. The van der Waals surface area contributed by atoms with Crippen molar-refractivity contribution >= 4 is 17.5 Å². The van der Waals surface area contributed by atoms with Crippen LogP contribution < -0.4 is 5.32 Å². The lowest BCUT2D eigenvalue weighted by Gasteiger charge is -2.34. The molecule has 4 heterocycles. The van der Waals surface area contributed by atoms with E-state index in [0.717, 1.165) is 55.6 Å². The van der Waals surface area contributed by atoms with Crippen LogP contribution in [0.15, 0.2) is 42.7 Å². The molecule has 2 atom stereocenters. The molecule has 2 saturated heterocycles. The van der Waals surface area contributed by atoms with Gasteiger partial charge in [-0.25, -0.2) is 15.0 Å². The van der Waals surface area contributed by atoms with Crippen LogP contribution in [0.2, 0.25) is 0 Å². The first kappa shape index (κ1) is 23.4. The van der Waals surface area contributed by atoms with Crippen LogP contribution in [0, 0.1) is 6.92 Å². The Morgan fingerprint density at radius 3 is 2.63 bits per heavy atom. The van der Waals surface area contributed by atoms with E-state index < -0.39 is 0 Å². The molecule has 0 aliphatic carbocycles. The number of likely N-dealkylation sites (tertiary alicyclic amines) is 2. The van der Waals surface area contributed by atoms with E-state index in [0.29, 0.717) is 23.6 Å². The molecule has 1 aromatic carbocycles. The van der Waals surface area contributed by atoms with Gasteiger partial charge in [0.05, 0.1) is 24.2 Å². The van der Waals surface area contributed by atoms with Gasteiger partial charge in [0.1, 0.15) is 5.82 Å². The lowest BCUT2D eigenvalue weighted by atomic mass is 10.1. The van der Waals surface area contributed by atoms with Gasteiger partial charge in [-0.1, -0.05) is 0 Å². The number of piperazine rings is 1. The van der Waals surface area contributed by atoms with Crippen LogP contribution in [0.5, 0.6) is 0 Å². The van der Waals surface area contributed by atoms with Gasteiger partial charge >= 0.3 is 0 Å². The molecule has 2 aromatic heterocycles. The number of amides is 1. The van der Waals surface area contributed by atoms with E-state index in [9.17, 15) is 4.79 Å². The molecular weight excluding hydrogens is 442 g/mol. The molecule has 0 spiro atoms. The fourth-order valence-electron chi connectivity index (χ4n) is 5.33. The van der Waals surface area contributed by atoms with Gasteiger partial charge in [-0.3, -0.25) is 9.69 Å². The normalized spacial score (nSPS) is 19.6. The molecule has 1 N–H and O–H groups in total. The second kappa shape index (κ2) is 9.75. The van der Waals surface area contributed by atoms with E-state index in [-0.39, 0.29) is 11.9 Å². The Bertz CT molecular complexity index is 1190. The molecule has 35 heavy (non-hydrogen) atoms. The number of benzene rings is 1. The highest BCUT2D eigenvalue weighted by Crippen LogP contribution is 2.32. The van der Waals surface area contributed by atoms with Crippen LogP contribution in [-0.4, -0.2) is 80.7 Å². The first-order valence-electron chi connectivity index (χ1n) is 12.2. The largest absolute Gasteiger partial charge is 0.383 e. The van der Waals surface area contributed by atoms with Gasteiger partial charge in [0.25, 0.3) is 5.91 Å². The Labute approximate surface area is 206 Å². The van der Waals surface area contributed by atoms with Crippen molar-refractivity contribution in [3.63, 3.8) is 0 Å². The van der Waals surface area contributed by atoms with Gasteiger partial charge in [0, 0.05) is 62.3 Å². The summed E-state index contributed by atoms with van der Waals surface area (Å²) >= 11 is 0. The average molecular weight is 476 g/mol. The molecule has 9 nitrogen and oxygen atoms in total. The molecule has 1 amide bonds. The average Bonchev–Trinajstić information content (AvgIpc) is 3.57. The van der Waals surface area contributed by atoms with Gasteiger partial charge in [-0.05, 0) is 57.5 Å². The molecule has 2 aliphatic heterocycles. The number of nitrogens with one attached hydrogen (secondary N) is 1. The van der Waals surface area contributed by atoms with Gasteiger partial charge in [-0.15, -0.1) is 0 Å². The van der Waals surface area contributed by atoms with E-state index in [1.54, 1.807) is 13.3 Å². The summed E-state index contributed by atoms with van der Waals surface area (Å²) < 4.78 is 7.37. The minimum absolute atomic E-state index is 0.103. The Morgan fingerprint density at radius 2 is 1.94 bits per heavy atom. The Balaban J connectivity index is 1.25. The highest BCUT2D eigenvalue weighted by atomic mass is 16.5. The number of fused-ring (bicyclic) bond motifs is 2. The number of aryl methyl sites for hydroxylation is 1. The molecule has 0 saturated carbocycles. The van der Waals surface area contributed by atoms with Gasteiger partial charge in [-0.2, -0.15) is 0 Å². The Kier molecular flexibility index (Phi) is 6.53. The second-order valence-electron chi connectivity index (χ2n) is 9.61. The second-order valence-corrected chi connectivity index (χ2v) is 9.61. The SMILES string of the molecule is COCCN1C[C@@H]2C[C@H]1CN2C(=O)c1ccc(Nc2nccc(-c3cnc(C)n3C(C)C)n2)cc1. The fraction of sp³-hybridized carbons (Fsp3) is 0.462. The summed E-state index contributed by atoms with van der Waals surface area (Å²) in [6.45, 7) is 9.65. The minimum atomic E-state index is 0.103. The van der Waals surface area contributed by atoms with Crippen LogP contribution in [-0.2, 0) is 4.74 Å². The third kappa shape index (κ3) is 4.66. The Morgan fingerprint density at radius 1 is 1.14 bits per heavy atom. The standard InChI is InChI=1S/C26H33N7O2/c1-17(2)33-18(3)28-14-24(33)23-9-10-27-26(30-23)29-20-7-5-19(6-8-20)25(34)32-16-21-13-22(32)15-31(21)11-12-35-4/h5-10,14,17,21-22H,11-13,15-16H2,1-4H3,(H,27,29,30)/t21-,22-/m0/s1. The number of nitrogens with zero attached hydrogens (tertiary/aromatic N) is 6. The number of imidazole rings is 1. The van der Waals surface area contributed by atoms with Crippen molar-refractivity contribution in [1.29, 1.82) is 0 Å². The molecule has 5 rings (SSSR count). The van der Waals surface area contributed by atoms with Crippen LogP contribution in [0.4, 0.5) is 11.6 Å². The highest BCUT2D eigenvalue weighted by Gasteiger charge is 2.44. The quantitative estimate of drug-likeness (QED) is 0.533. The third-order valence-corrected chi connectivity index (χ3v) is 7.00. The van der Waals surface area contributed by atoms with E-state index in [2.05, 4.69) is 38.6 Å². The molecular formula is C26H33N7O2. The molecule has 2 aliphatic rings. The van der Waals surface area contributed by atoms with Crippen molar-refractivity contribution in [2.24, 2.45) is 0 Å². The van der Waals surface area contributed by atoms with Crippen molar-refractivity contribution in [1.82, 2.24) is 29.3 Å². The monoisotopic (exact) mass is 475 g/mol. The van der Waals surface area contributed by atoms with E-state index >= 15 is 0 Å². The number of hydrogen-bond donors (Lipinski definition) is 1. The first-order chi connectivity index (χ1) is 16.9. The van der Waals surface area contributed by atoms with Gasteiger partial charge in [0.15, 0.2) is 0 Å². The molecule has 2 fully saturated rings. The fourth-order valence-corrected chi connectivity index (χ4v) is 5.33. The maximum atomic E-state index is 13.1. The molecule has 2 bridgehead atoms. The molecule has 9 heteroatoms. The summed E-state index contributed by atoms with van der Waals surface area (Å²) in [4.78, 5) is 31.1. The zero-order chi connectivity index (χ0) is 24.5. The van der Waals surface area contributed by atoms with Crippen molar-refractivity contribution in [3.05, 3.63) is 54.1 Å². The predicted molar refractivity (Wildman–Crippen MR) is 135 cm³/mol. The summed E-state index contributed by atoms with van der Waals surface area (Å²) in [7, 11) is 1.73. The molecule has 184 valence electrons. The number of anilines is 2. The topological polar surface area (TPSA) is 88.4 Å². The summed E-state index contributed by atoms with van der Waals surface area (Å²) in [5, 5.41) is 3.26. The number of methoxy groups -OCH3 is 1. The maximum absolute atomic E-state index is 13.1. The minimum Gasteiger partial charge on any atom is -0.383 e. The van der Waals surface area contributed by atoms with E-state index in [1.165, 1.54) is 0 Å². The number of hydrogen-bond acceptors (Lipinski definition) is 7. The van der Waals surface area contributed by atoms with Crippen LogP contribution >= 0.6 is 0 Å². The van der Waals surface area contributed by atoms with Crippen molar-refractivity contribution in [3.8, 4) is 11.4 Å². The van der Waals surface area contributed by atoms with Crippen LogP contribution in [0.1, 0.15) is 42.5 Å².